The Morgan fingerprint density at radius 2 is 2.16 bits per heavy atom. The van der Waals surface area contributed by atoms with Crippen molar-refractivity contribution in [3.63, 3.8) is 0 Å². The molecular formula is C12H12Cl2N2O3. The molecule has 19 heavy (non-hydrogen) atoms. The summed E-state index contributed by atoms with van der Waals surface area (Å²) in [5.74, 6) is -1.07. The van der Waals surface area contributed by atoms with Crippen molar-refractivity contribution >= 4 is 35.1 Å². The molecular weight excluding hydrogens is 291 g/mol. The molecule has 102 valence electrons. The molecule has 0 spiro atoms. The third kappa shape index (κ3) is 3.81. The number of hydrogen-bond acceptors (Lipinski definition) is 3. The van der Waals surface area contributed by atoms with Crippen LogP contribution >= 0.6 is 23.2 Å². The van der Waals surface area contributed by atoms with Crippen molar-refractivity contribution in [2.75, 3.05) is 0 Å². The smallest absolute Gasteiger partial charge is 0.305 e. The Balaban J connectivity index is 2.05. The van der Waals surface area contributed by atoms with Crippen molar-refractivity contribution in [3.8, 4) is 0 Å². The minimum absolute atomic E-state index is 0.0782. The second kappa shape index (κ2) is 5.75. The Morgan fingerprint density at radius 1 is 1.47 bits per heavy atom. The topological polar surface area (TPSA) is 79.3 Å². The first-order valence-electron chi connectivity index (χ1n) is 5.81. The predicted molar refractivity (Wildman–Crippen MR) is 70.5 cm³/mol. The average molecular weight is 303 g/mol. The summed E-state index contributed by atoms with van der Waals surface area (Å²) in [6.07, 6.45) is 3.12. The number of nitrogens with one attached hydrogen (secondary N) is 1. The van der Waals surface area contributed by atoms with Gasteiger partial charge in [0.1, 0.15) is 5.15 Å². The number of carboxylic acid groups (broad SMARTS) is 1. The molecule has 1 unspecified atom stereocenters. The maximum Gasteiger partial charge on any atom is 0.305 e. The highest BCUT2D eigenvalue weighted by atomic mass is 35.5. The zero-order valence-corrected chi connectivity index (χ0v) is 11.4. The highest BCUT2D eigenvalue weighted by Crippen LogP contribution is 2.34. The van der Waals surface area contributed by atoms with Crippen LogP contribution in [-0.4, -0.2) is 28.0 Å². The van der Waals surface area contributed by atoms with Gasteiger partial charge in [0.05, 0.1) is 17.0 Å². The lowest BCUT2D eigenvalue weighted by atomic mass is 10.1. The summed E-state index contributed by atoms with van der Waals surface area (Å²) in [5.41, 5.74) is 0.269. The Hall–Kier alpha value is -1.33. The van der Waals surface area contributed by atoms with Crippen LogP contribution < -0.4 is 5.32 Å². The van der Waals surface area contributed by atoms with Gasteiger partial charge in [-0.15, -0.1) is 0 Å². The molecule has 1 atom stereocenters. The fourth-order valence-electron chi connectivity index (χ4n) is 1.82. The van der Waals surface area contributed by atoms with Crippen molar-refractivity contribution in [2.45, 2.75) is 25.3 Å². The molecule has 0 aromatic carbocycles. The largest absolute Gasteiger partial charge is 0.481 e. The highest BCUT2D eigenvalue weighted by Gasteiger charge is 2.33. The van der Waals surface area contributed by atoms with E-state index in [0.717, 1.165) is 12.8 Å². The first kappa shape index (κ1) is 14.1. The fraction of sp³-hybridized carbons (Fsp3) is 0.417. The number of nitrogens with zero attached hydrogens (tertiary/aromatic N) is 1. The average Bonchev–Trinajstić information content (AvgIpc) is 3.15. The number of rotatable bonds is 5. The molecule has 0 aliphatic heterocycles. The first-order valence-corrected chi connectivity index (χ1v) is 6.56. The number of pyridine rings is 1. The Kier molecular flexibility index (Phi) is 4.27. The van der Waals surface area contributed by atoms with Crippen molar-refractivity contribution in [3.05, 3.63) is 28.0 Å². The Labute approximate surface area is 119 Å². The minimum atomic E-state index is -0.926. The Bertz CT molecular complexity index is 518. The van der Waals surface area contributed by atoms with Crippen molar-refractivity contribution in [1.29, 1.82) is 0 Å². The van der Waals surface area contributed by atoms with Gasteiger partial charge < -0.3 is 10.4 Å². The van der Waals surface area contributed by atoms with Gasteiger partial charge in [-0.25, -0.2) is 4.98 Å². The lowest BCUT2D eigenvalue weighted by Crippen LogP contribution is -2.38. The molecule has 1 aliphatic rings. The van der Waals surface area contributed by atoms with E-state index in [9.17, 15) is 9.59 Å². The van der Waals surface area contributed by atoms with Crippen molar-refractivity contribution in [1.82, 2.24) is 10.3 Å². The van der Waals surface area contributed by atoms with Crippen LogP contribution in [0.3, 0.4) is 0 Å². The van der Waals surface area contributed by atoms with Crippen molar-refractivity contribution < 1.29 is 14.7 Å². The molecule has 2 N–H and O–H groups in total. The number of amides is 1. The second-order valence-electron chi connectivity index (χ2n) is 4.51. The highest BCUT2D eigenvalue weighted by molar-refractivity contribution is 6.41. The van der Waals surface area contributed by atoms with E-state index in [4.69, 9.17) is 28.3 Å². The number of carboxylic acids is 1. The van der Waals surface area contributed by atoms with E-state index in [1.54, 1.807) is 0 Å². The summed E-state index contributed by atoms with van der Waals surface area (Å²) in [6, 6.07) is 1.07. The summed E-state index contributed by atoms with van der Waals surface area (Å²) < 4.78 is 0. The second-order valence-corrected chi connectivity index (χ2v) is 5.28. The molecule has 5 nitrogen and oxygen atoms in total. The van der Waals surface area contributed by atoms with E-state index in [0.29, 0.717) is 0 Å². The molecule has 1 aliphatic carbocycles. The quantitative estimate of drug-likeness (QED) is 0.818. The number of aromatic nitrogens is 1. The van der Waals surface area contributed by atoms with Gasteiger partial charge in [0.2, 0.25) is 0 Å². The molecule has 1 saturated carbocycles. The zero-order valence-electron chi connectivity index (χ0n) is 9.90. The van der Waals surface area contributed by atoms with Gasteiger partial charge in [0, 0.05) is 12.2 Å². The molecule has 0 saturated heterocycles. The van der Waals surface area contributed by atoms with Gasteiger partial charge in [0.15, 0.2) is 0 Å². The van der Waals surface area contributed by atoms with E-state index in [1.807, 2.05) is 0 Å². The predicted octanol–water partition coefficient (Wildman–Crippen LogP) is 2.37. The van der Waals surface area contributed by atoms with Crippen LogP contribution in [0.5, 0.6) is 0 Å². The van der Waals surface area contributed by atoms with Crippen LogP contribution in [-0.2, 0) is 4.79 Å². The monoisotopic (exact) mass is 302 g/mol. The molecule has 7 heteroatoms. The molecule has 1 heterocycles. The van der Waals surface area contributed by atoms with E-state index in [2.05, 4.69) is 10.3 Å². The maximum atomic E-state index is 12.0. The number of carbonyl (C=O) groups excluding carboxylic acids is 1. The van der Waals surface area contributed by atoms with Gasteiger partial charge in [0.25, 0.3) is 5.91 Å². The third-order valence-electron chi connectivity index (χ3n) is 2.96. The summed E-state index contributed by atoms with van der Waals surface area (Å²) >= 11 is 11.5. The van der Waals surface area contributed by atoms with E-state index in [-0.39, 0.29) is 40.0 Å². The summed E-state index contributed by atoms with van der Waals surface area (Å²) in [7, 11) is 0. The molecule has 2 rings (SSSR count). The zero-order chi connectivity index (χ0) is 14.0. The van der Waals surface area contributed by atoms with Crippen molar-refractivity contribution in [2.24, 2.45) is 5.92 Å². The van der Waals surface area contributed by atoms with Crippen LogP contribution in [0, 0.1) is 5.92 Å². The number of hydrogen-bond donors (Lipinski definition) is 2. The molecule has 1 aromatic heterocycles. The van der Waals surface area contributed by atoms with Crippen LogP contribution in [0.1, 0.15) is 29.6 Å². The van der Waals surface area contributed by atoms with Gasteiger partial charge in [-0.1, -0.05) is 23.2 Å². The summed E-state index contributed by atoms with van der Waals surface area (Å²) in [4.78, 5) is 26.5. The SMILES string of the molecule is O=C(O)CC(NC(=O)c1cnc(Cl)c(Cl)c1)C1CC1. The molecule has 1 fully saturated rings. The fourth-order valence-corrected chi connectivity index (χ4v) is 2.09. The van der Waals surface area contributed by atoms with Gasteiger partial charge in [-0.05, 0) is 24.8 Å². The van der Waals surface area contributed by atoms with E-state index < -0.39 is 5.97 Å². The number of aliphatic carboxylic acids is 1. The Morgan fingerprint density at radius 3 is 2.68 bits per heavy atom. The first-order chi connectivity index (χ1) is 8.97. The molecule has 0 radical (unpaired) electrons. The van der Waals surface area contributed by atoms with Gasteiger partial charge >= 0.3 is 5.97 Å². The van der Waals surface area contributed by atoms with Gasteiger partial charge in [-0.2, -0.15) is 0 Å². The van der Waals surface area contributed by atoms with Crippen LogP contribution in [0.15, 0.2) is 12.3 Å². The lowest BCUT2D eigenvalue weighted by Gasteiger charge is -2.16. The summed E-state index contributed by atoms with van der Waals surface area (Å²) in [6.45, 7) is 0. The molecule has 1 aromatic rings. The molecule has 1 amide bonds. The van der Waals surface area contributed by atoms with Crippen LogP contribution in [0.25, 0.3) is 0 Å². The van der Waals surface area contributed by atoms with Gasteiger partial charge in [-0.3, -0.25) is 9.59 Å². The standard InChI is InChI=1S/C12H12Cl2N2O3/c13-8-3-7(5-15-11(8)14)12(19)16-9(4-10(17)18)6-1-2-6/h3,5-6,9H,1-2,4H2,(H,16,19)(H,17,18). The number of carbonyl (C=O) groups is 2. The normalized spacial score (nSPS) is 15.9. The van der Waals surface area contributed by atoms with Crippen LogP contribution in [0.2, 0.25) is 10.2 Å². The van der Waals surface area contributed by atoms with E-state index >= 15 is 0 Å². The van der Waals surface area contributed by atoms with E-state index in [1.165, 1.54) is 12.3 Å². The van der Waals surface area contributed by atoms with Crippen LogP contribution in [0.4, 0.5) is 0 Å². The summed E-state index contributed by atoms with van der Waals surface area (Å²) in [5, 5.41) is 11.9. The minimum Gasteiger partial charge on any atom is -0.481 e. The number of halogens is 2. The lowest BCUT2D eigenvalue weighted by molar-refractivity contribution is -0.137. The maximum absolute atomic E-state index is 12.0. The molecule has 0 bridgehead atoms. The third-order valence-corrected chi connectivity index (χ3v) is 3.65.